The lowest BCUT2D eigenvalue weighted by Crippen LogP contribution is -2.25. The van der Waals surface area contributed by atoms with E-state index in [0.29, 0.717) is 26.9 Å². The number of nitrogens with zero attached hydrogens (tertiary/aromatic N) is 2. The fourth-order valence-electron chi connectivity index (χ4n) is 1.65. The minimum Gasteiger partial charge on any atom is -0.326 e. The van der Waals surface area contributed by atoms with Gasteiger partial charge in [0.1, 0.15) is 0 Å². The van der Waals surface area contributed by atoms with Gasteiger partial charge >= 0.3 is 0 Å². The molecular formula is C12H11Cl2N3O. The molecular weight excluding hydrogens is 273 g/mol. The van der Waals surface area contributed by atoms with Crippen LogP contribution in [0.25, 0.3) is 11.3 Å². The molecule has 1 aromatic heterocycles. The van der Waals surface area contributed by atoms with E-state index in [1.807, 2.05) is 0 Å². The molecule has 0 aliphatic carbocycles. The second kappa shape index (κ2) is 5.10. The summed E-state index contributed by atoms with van der Waals surface area (Å²) < 4.78 is 1.25. The lowest BCUT2D eigenvalue weighted by molar-refractivity contribution is 0.697. The van der Waals surface area contributed by atoms with Crippen LogP contribution in [0.5, 0.6) is 0 Å². The molecule has 18 heavy (non-hydrogen) atoms. The number of hydrogen-bond acceptors (Lipinski definition) is 3. The molecule has 0 aliphatic rings. The summed E-state index contributed by atoms with van der Waals surface area (Å²) in [5, 5.41) is 5.19. The van der Waals surface area contributed by atoms with Crippen LogP contribution in [-0.2, 0) is 13.6 Å². The highest BCUT2D eigenvalue weighted by Crippen LogP contribution is 2.28. The number of halogens is 2. The van der Waals surface area contributed by atoms with E-state index in [0.717, 1.165) is 0 Å². The molecule has 2 N–H and O–H groups in total. The van der Waals surface area contributed by atoms with E-state index in [-0.39, 0.29) is 12.1 Å². The van der Waals surface area contributed by atoms with Crippen LogP contribution in [0.4, 0.5) is 0 Å². The molecule has 2 rings (SSSR count). The Morgan fingerprint density at radius 3 is 2.67 bits per heavy atom. The molecule has 0 amide bonds. The maximum absolute atomic E-state index is 11.7. The van der Waals surface area contributed by atoms with Gasteiger partial charge in [-0.05, 0) is 24.3 Å². The third-order valence-corrected chi connectivity index (χ3v) is 3.11. The first-order chi connectivity index (χ1) is 8.52. The third-order valence-electron chi connectivity index (χ3n) is 2.56. The van der Waals surface area contributed by atoms with E-state index >= 15 is 0 Å². The van der Waals surface area contributed by atoms with Crippen LogP contribution >= 0.6 is 23.2 Å². The quantitative estimate of drug-likeness (QED) is 0.919. The van der Waals surface area contributed by atoms with Gasteiger partial charge in [-0.1, -0.05) is 23.2 Å². The molecule has 0 bridgehead atoms. The molecule has 4 nitrogen and oxygen atoms in total. The first-order valence-electron chi connectivity index (χ1n) is 5.25. The SMILES string of the molecule is Cn1nc(-c2ccc(Cl)cc2Cl)cc(CN)c1=O. The number of hydrogen-bond donors (Lipinski definition) is 1. The van der Waals surface area contributed by atoms with Crippen LogP contribution < -0.4 is 11.3 Å². The Kier molecular flexibility index (Phi) is 3.71. The van der Waals surface area contributed by atoms with E-state index in [2.05, 4.69) is 5.10 Å². The van der Waals surface area contributed by atoms with Crippen LogP contribution in [0.15, 0.2) is 29.1 Å². The monoisotopic (exact) mass is 283 g/mol. The van der Waals surface area contributed by atoms with Crippen molar-refractivity contribution >= 4 is 23.2 Å². The minimum atomic E-state index is -0.202. The summed E-state index contributed by atoms with van der Waals surface area (Å²) in [4.78, 5) is 11.7. The van der Waals surface area contributed by atoms with E-state index in [4.69, 9.17) is 28.9 Å². The molecule has 0 fully saturated rings. The molecule has 1 aromatic carbocycles. The highest BCUT2D eigenvalue weighted by Gasteiger charge is 2.10. The predicted octanol–water partition coefficient (Wildman–Crippen LogP) is 2.21. The zero-order valence-electron chi connectivity index (χ0n) is 9.65. The van der Waals surface area contributed by atoms with Crippen LogP contribution in [0.3, 0.4) is 0 Å². The Balaban J connectivity index is 2.64. The number of aryl methyl sites for hydroxylation is 1. The van der Waals surface area contributed by atoms with Crippen molar-refractivity contribution in [1.82, 2.24) is 9.78 Å². The van der Waals surface area contributed by atoms with Gasteiger partial charge in [0.15, 0.2) is 0 Å². The lowest BCUT2D eigenvalue weighted by atomic mass is 10.1. The van der Waals surface area contributed by atoms with Gasteiger partial charge in [-0.2, -0.15) is 5.10 Å². The van der Waals surface area contributed by atoms with Crippen molar-refractivity contribution in [2.45, 2.75) is 6.54 Å². The number of rotatable bonds is 2. The zero-order valence-corrected chi connectivity index (χ0v) is 11.2. The molecule has 0 saturated carbocycles. The standard InChI is InChI=1S/C12H11Cl2N3O/c1-17-12(18)7(6-15)4-11(16-17)9-3-2-8(13)5-10(9)14/h2-5H,6,15H2,1H3. The Bertz CT molecular complexity index is 652. The maximum atomic E-state index is 11.7. The molecule has 0 radical (unpaired) electrons. The first-order valence-corrected chi connectivity index (χ1v) is 6.01. The maximum Gasteiger partial charge on any atom is 0.271 e. The van der Waals surface area contributed by atoms with Crippen molar-refractivity contribution in [2.75, 3.05) is 0 Å². The highest BCUT2D eigenvalue weighted by molar-refractivity contribution is 6.36. The molecule has 2 aromatic rings. The smallest absolute Gasteiger partial charge is 0.271 e. The molecule has 6 heteroatoms. The van der Waals surface area contributed by atoms with E-state index in [1.54, 1.807) is 31.3 Å². The Morgan fingerprint density at radius 2 is 2.06 bits per heavy atom. The van der Waals surface area contributed by atoms with Crippen molar-refractivity contribution in [3.63, 3.8) is 0 Å². The molecule has 0 aliphatic heterocycles. The topological polar surface area (TPSA) is 60.9 Å². The summed E-state index contributed by atoms with van der Waals surface area (Å²) in [5.41, 5.74) is 7.14. The molecule has 0 spiro atoms. The van der Waals surface area contributed by atoms with Crippen LogP contribution in [0, 0.1) is 0 Å². The minimum absolute atomic E-state index is 0.160. The van der Waals surface area contributed by atoms with Crippen molar-refractivity contribution in [3.05, 3.63) is 50.2 Å². The van der Waals surface area contributed by atoms with E-state index in [1.165, 1.54) is 4.68 Å². The predicted molar refractivity (Wildman–Crippen MR) is 72.8 cm³/mol. The number of aromatic nitrogens is 2. The van der Waals surface area contributed by atoms with Crippen LogP contribution in [0.2, 0.25) is 10.0 Å². The van der Waals surface area contributed by atoms with Gasteiger partial charge in [0.05, 0.1) is 10.7 Å². The fourth-order valence-corrected chi connectivity index (χ4v) is 2.15. The second-order valence-corrected chi connectivity index (χ2v) is 4.66. The van der Waals surface area contributed by atoms with Gasteiger partial charge in [-0.25, -0.2) is 4.68 Å². The average Bonchev–Trinajstić information content (AvgIpc) is 2.32. The van der Waals surface area contributed by atoms with E-state index < -0.39 is 0 Å². The Labute approximate surface area is 114 Å². The van der Waals surface area contributed by atoms with Gasteiger partial charge in [0.2, 0.25) is 0 Å². The number of nitrogens with two attached hydrogens (primary N) is 1. The van der Waals surface area contributed by atoms with Gasteiger partial charge in [0.25, 0.3) is 5.56 Å². The molecule has 94 valence electrons. The first kappa shape index (κ1) is 13.1. The highest BCUT2D eigenvalue weighted by atomic mass is 35.5. The summed E-state index contributed by atoms with van der Waals surface area (Å²) in [5.74, 6) is 0. The Hall–Kier alpha value is -1.36. The normalized spacial score (nSPS) is 10.7. The fraction of sp³-hybridized carbons (Fsp3) is 0.167. The lowest BCUT2D eigenvalue weighted by Gasteiger charge is -2.08. The average molecular weight is 284 g/mol. The summed E-state index contributed by atoms with van der Waals surface area (Å²) >= 11 is 11.9. The van der Waals surface area contributed by atoms with Crippen molar-refractivity contribution < 1.29 is 0 Å². The van der Waals surface area contributed by atoms with Gasteiger partial charge < -0.3 is 5.73 Å². The van der Waals surface area contributed by atoms with Crippen LogP contribution in [0.1, 0.15) is 5.56 Å². The van der Waals surface area contributed by atoms with Crippen molar-refractivity contribution in [3.8, 4) is 11.3 Å². The summed E-state index contributed by atoms with van der Waals surface area (Å²) in [6.45, 7) is 0.160. The second-order valence-electron chi connectivity index (χ2n) is 3.81. The summed E-state index contributed by atoms with van der Waals surface area (Å²) in [6, 6.07) is 6.76. The molecule has 1 heterocycles. The zero-order chi connectivity index (χ0) is 13.3. The van der Waals surface area contributed by atoms with Crippen molar-refractivity contribution in [2.24, 2.45) is 12.8 Å². The summed E-state index contributed by atoms with van der Waals surface area (Å²) in [7, 11) is 1.58. The molecule has 0 saturated heterocycles. The summed E-state index contributed by atoms with van der Waals surface area (Å²) in [6.07, 6.45) is 0. The van der Waals surface area contributed by atoms with Gasteiger partial charge in [0, 0.05) is 29.7 Å². The van der Waals surface area contributed by atoms with Gasteiger partial charge in [-0.15, -0.1) is 0 Å². The Morgan fingerprint density at radius 1 is 1.33 bits per heavy atom. The van der Waals surface area contributed by atoms with Gasteiger partial charge in [-0.3, -0.25) is 4.79 Å². The third kappa shape index (κ3) is 2.41. The van der Waals surface area contributed by atoms with Crippen molar-refractivity contribution in [1.29, 1.82) is 0 Å². The largest absolute Gasteiger partial charge is 0.326 e. The number of benzene rings is 1. The molecule has 0 unspecified atom stereocenters. The molecule has 0 atom stereocenters. The van der Waals surface area contributed by atoms with Crippen LogP contribution in [-0.4, -0.2) is 9.78 Å². The van der Waals surface area contributed by atoms with E-state index in [9.17, 15) is 4.79 Å².